The van der Waals surface area contributed by atoms with Crippen molar-refractivity contribution in [3.63, 3.8) is 0 Å². The van der Waals surface area contributed by atoms with Crippen molar-refractivity contribution >= 4 is 40.0 Å². The minimum atomic E-state index is -0.737. The molecule has 2 aromatic carbocycles. The van der Waals surface area contributed by atoms with Crippen molar-refractivity contribution in [1.82, 2.24) is 15.3 Å². The fraction of sp³-hybridized carbons (Fsp3) is 0.323. The van der Waals surface area contributed by atoms with Crippen molar-refractivity contribution in [1.29, 1.82) is 0 Å². The highest BCUT2D eigenvalue weighted by molar-refractivity contribution is 6.32. The number of hydrogen-bond donors (Lipinski definition) is 1. The zero-order valence-corrected chi connectivity index (χ0v) is 24.2. The molecule has 0 radical (unpaired) electrons. The van der Waals surface area contributed by atoms with Crippen LogP contribution in [0.1, 0.15) is 58.9 Å². The highest BCUT2D eigenvalue weighted by atomic mass is 35.5. The Kier molecular flexibility index (Phi) is 7.24. The highest BCUT2D eigenvalue weighted by Crippen LogP contribution is 2.47. The molecule has 1 saturated carbocycles. The quantitative estimate of drug-likeness (QED) is 0.222. The van der Waals surface area contributed by atoms with Gasteiger partial charge in [-0.15, -0.1) is 0 Å². The lowest BCUT2D eigenvalue weighted by Gasteiger charge is -2.20. The van der Waals surface area contributed by atoms with Gasteiger partial charge in [0.15, 0.2) is 0 Å². The van der Waals surface area contributed by atoms with Crippen LogP contribution in [0.3, 0.4) is 0 Å². The van der Waals surface area contributed by atoms with Crippen LogP contribution < -0.4 is 14.8 Å². The van der Waals surface area contributed by atoms with E-state index in [-0.39, 0.29) is 34.0 Å². The van der Waals surface area contributed by atoms with Gasteiger partial charge in [-0.3, -0.25) is 4.79 Å². The number of carbonyl (C=O) groups excluding carboxylic acids is 1. The maximum absolute atomic E-state index is 15.0. The van der Waals surface area contributed by atoms with Crippen LogP contribution in [0.5, 0.6) is 11.5 Å². The normalized spacial score (nSPS) is 16.8. The number of hydrogen-bond acceptors (Lipinski definition) is 5. The molecule has 41 heavy (non-hydrogen) atoms. The Bertz CT molecular complexity index is 1710. The average Bonchev–Trinajstić information content (AvgIpc) is 3.72. The van der Waals surface area contributed by atoms with E-state index in [1.165, 1.54) is 7.11 Å². The minimum Gasteiger partial charge on any atom is -0.494 e. The number of pyridine rings is 2. The number of ether oxygens (including phenoxy) is 2. The Balaban J connectivity index is 1.33. The first-order valence-corrected chi connectivity index (χ1v) is 14.2. The maximum Gasteiger partial charge on any atom is 0.251 e. The number of carbonyl (C=O) groups is 1. The van der Waals surface area contributed by atoms with E-state index < -0.39 is 11.6 Å². The summed E-state index contributed by atoms with van der Waals surface area (Å²) in [6, 6.07) is 9.15. The monoisotopic (exact) mass is 597 g/mol. The lowest BCUT2D eigenvalue weighted by molar-refractivity contribution is 0.0950. The van der Waals surface area contributed by atoms with E-state index in [2.05, 4.69) is 10.3 Å². The SMILES string of the molecule is COc1cc(C(=O)NCC(c2cc3c(c(-c4cc(F)c(Cl)cc4F)n2)OCC3C)C2CC2)cc2cc(Cl)c(C)nc12. The van der Waals surface area contributed by atoms with Crippen LogP contribution in [0.25, 0.3) is 22.2 Å². The van der Waals surface area contributed by atoms with E-state index in [9.17, 15) is 9.18 Å². The summed E-state index contributed by atoms with van der Waals surface area (Å²) in [6.45, 7) is 4.55. The van der Waals surface area contributed by atoms with Crippen LogP contribution in [0.2, 0.25) is 10.0 Å². The summed E-state index contributed by atoms with van der Waals surface area (Å²) in [5.74, 6) is -0.553. The largest absolute Gasteiger partial charge is 0.494 e. The van der Waals surface area contributed by atoms with E-state index >= 15 is 4.39 Å². The first-order valence-electron chi connectivity index (χ1n) is 13.4. The molecule has 2 aliphatic rings. The summed E-state index contributed by atoms with van der Waals surface area (Å²) >= 11 is 12.1. The lowest BCUT2D eigenvalue weighted by atomic mass is 9.93. The summed E-state index contributed by atoms with van der Waals surface area (Å²) in [6.07, 6.45) is 1.97. The van der Waals surface area contributed by atoms with Gasteiger partial charge in [0.1, 0.15) is 34.3 Å². The molecule has 2 atom stereocenters. The lowest BCUT2D eigenvalue weighted by Crippen LogP contribution is -2.29. The molecule has 1 amide bonds. The Morgan fingerprint density at radius 3 is 2.61 bits per heavy atom. The van der Waals surface area contributed by atoms with Crippen molar-refractivity contribution in [2.75, 3.05) is 20.3 Å². The van der Waals surface area contributed by atoms with Crippen molar-refractivity contribution in [3.05, 3.63) is 80.6 Å². The van der Waals surface area contributed by atoms with Crippen LogP contribution >= 0.6 is 23.2 Å². The molecule has 6 nitrogen and oxygen atoms in total. The molecule has 4 aromatic rings. The number of methoxy groups -OCH3 is 1. The Morgan fingerprint density at radius 2 is 1.88 bits per heavy atom. The summed E-state index contributed by atoms with van der Waals surface area (Å²) in [7, 11) is 1.53. The third-order valence-corrected chi connectivity index (χ3v) is 8.51. The van der Waals surface area contributed by atoms with Gasteiger partial charge in [0.25, 0.3) is 5.91 Å². The number of benzene rings is 2. The molecular weight excluding hydrogens is 571 g/mol. The zero-order chi connectivity index (χ0) is 29.0. The van der Waals surface area contributed by atoms with Crippen molar-refractivity contribution in [2.24, 2.45) is 5.92 Å². The molecular formula is C31H27Cl2F2N3O3. The second-order valence-corrected chi connectivity index (χ2v) is 11.5. The smallest absolute Gasteiger partial charge is 0.251 e. The van der Waals surface area contributed by atoms with Gasteiger partial charge in [-0.25, -0.2) is 18.7 Å². The molecule has 212 valence electrons. The molecule has 1 N–H and O–H groups in total. The van der Waals surface area contributed by atoms with Crippen LogP contribution in [-0.2, 0) is 0 Å². The van der Waals surface area contributed by atoms with Gasteiger partial charge in [-0.2, -0.15) is 0 Å². The molecule has 6 rings (SSSR count). The molecule has 1 aliphatic carbocycles. The van der Waals surface area contributed by atoms with Crippen LogP contribution in [0.15, 0.2) is 36.4 Å². The van der Waals surface area contributed by atoms with Gasteiger partial charge in [0.05, 0.1) is 29.5 Å². The number of aromatic nitrogens is 2. The molecule has 2 unspecified atom stereocenters. The van der Waals surface area contributed by atoms with Gasteiger partial charge >= 0.3 is 0 Å². The molecule has 1 fully saturated rings. The molecule has 1 aliphatic heterocycles. The number of halogens is 4. The first kappa shape index (κ1) is 27.7. The van der Waals surface area contributed by atoms with Crippen LogP contribution in [-0.4, -0.2) is 36.1 Å². The number of fused-ring (bicyclic) bond motifs is 2. The molecule has 0 saturated heterocycles. The summed E-state index contributed by atoms with van der Waals surface area (Å²) in [5, 5.41) is 3.95. The van der Waals surface area contributed by atoms with E-state index in [0.717, 1.165) is 30.5 Å². The van der Waals surface area contributed by atoms with Gasteiger partial charge in [-0.1, -0.05) is 30.1 Å². The number of nitrogens with one attached hydrogen (secondary N) is 1. The minimum absolute atomic E-state index is 0.0107. The van der Waals surface area contributed by atoms with Crippen LogP contribution in [0, 0.1) is 24.5 Å². The number of amides is 1. The Morgan fingerprint density at radius 1 is 1.10 bits per heavy atom. The first-order chi connectivity index (χ1) is 19.6. The van der Waals surface area contributed by atoms with Gasteiger partial charge in [0.2, 0.25) is 0 Å². The summed E-state index contributed by atoms with van der Waals surface area (Å²) in [5.41, 5.74) is 3.53. The predicted molar refractivity (Wildman–Crippen MR) is 154 cm³/mol. The van der Waals surface area contributed by atoms with Crippen molar-refractivity contribution < 1.29 is 23.0 Å². The standard InChI is InChI=1S/C31H27Cl2F2N3O3/c1-14-13-41-30-19(14)10-26(38-29(30)20-9-25(35)23(33)11-24(20)34)21(16-4-5-16)12-36-31(39)18-6-17-7-22(32)15(2)37-28(17)27(8-18)40-3/h6-11,14,16,21H,4-5,12-13H2,1-3H3,(H,36,39). The van der Waals surface area contributed by atoms with Crippen molar-refractivity contribution in [2.45, 2.75) is 38.5 Å². The van der Waals surface area contributed by atoms with Gasteiger partial charge in [0, 0.05) is 46.2 Å². The zero-order valence-electron chi connectivity index (χ0n) is 22.7. The number of aryl methyl sites for hydroxylation is 1. The van der Waals surface area contributed by atoms with E-state index in [4.69, 9.17) is 37.7 Å². The molecule has 0 bridgehead atoms. The second kappa shape index (κ2) is 10.7. The summed E-state index contributed by atoms with van der Waals surface area (Å²) < 4.78 is 40.8. The highest BCUT2D eigenvalue weighted by Gasteiger charge is 2.36. The fourth-order valence-electron chi connectivity index (χ4n) is 5.39. The topological polar surface area (TPSA) is 73.3 Å². The fourth-order valence-corrected chi connectivity index (χ4v) is 5.70. The average molecular weight is 598 g/mol. The number of rotatable bonds is 7. The molecule has 10 heteroatoms. The number of nitrogens with zero attached hydrogens (tertiary/aromatic N) is 2. The van der Waals surface area contributed by atoms with E-state index in [1.807, 2.05) is 19.9 Å². The van der Waals surface area contributed by atoms with Gasteiger partial charge < -0.3 is 14.8 Å². The molecule has 0 spiro atoms. The van der Waals surface area contributed by atoms with E-state index in [1.54, 1.807) is 18.2 Å². The molecule has 2 aromatic heterocycles. The van der Waals surface area contributed by atoms with Gasteiger partial charge in [-0.05, 0) is 62.1 Å². The Labute approximate surface area is 246 Å². The third-order valence-electron chi connectivity index (χ3n) is 7.84. The third kappa shape index (κ3) is 5.19. The van der Waals surface area contributed by atoms with Crippen molar-refractivity contribution in [3.8, 4) is 22.8 Å². The second-order valence-electron chi connectivity index (χ2n) is 10.7. The van der Waals surface area contributed by atoms with E-state index in [0.29, 0.717) is 63.4 Å². The Hall–Kier alpha value is -3.49. The predicted octanol–water partition coefficient (Wildman–Crippen LogP) is 7.62. The van der Waals surface area contributed by atoms with Crippen LogP contribution in [0.4, 0.5) is 8.78 Å². The maximum atomic E-state index is 15.0. The molecule has 3 heterocycles. The summed E-state index contributed by atoms with van der Waals surface area (Å²) in [4.78, 5) is 22.7.